The Labute approximate surface area is 121 Å². The number of carboxylic acids is 1. The highest BCUT2D eigenvalue weighted by Gasteiger charge is 2.03. The normalized spacial score (nSPS) is 11.5. The third-order valence-electron chi connectivity index (χ3n) is 2.72. The summed E-state index contributed by atoms with van der Waals surface area (Å²) in [5.74, 6) is -0.998. The van der Waals surface area contributed by atoms with Crippen LogP contribution >= 0.6 is 24.0 Å². The minimum atomic E-state index is -0.998. The molecule has 0 unspecified atom stereocenters. The summed E-state index contributed by atoms with van der Waals surface area (Å²) in [6.45, 7) is 0. The zero-order chi connectivity index (χ0) is 13.7. The van der Waals surface area contributed by atoms with Gasteiger partial charge in [0, 0.05) is 4.88 Å². The Kier molecular flexibility index (Phi) is 4.82. The van der Waals surface area contributed by atoms with Gasteiger partial charge in [-0.1, -0.05) is 30.3 Å². The summed E-state index contributed by atoms with van der Waals surface area (Å²) in [6.07, 6.45) is 3.54. The van der Waals surface area contributed by atoms with Crippen molar-refractivity contribution in [2.75, 3.05) is 0 Å². The molecule has 0 atom stereocenters. The van der Waals surface area contributed by atoms with Gasteiger partial charge in [0.15, 0.2) is 0 Å². The summed E-state index contributed by atoms with van der Waals surface area (Å²) >= 11 is 5.47. The van der Waals surface area contributed by atoms with E-state index in [-0.39, 0.29) is 4.91 Å². The molecule has 0 aliphatic carbocycles. The van der Waals surface area contributed by atoms with Crippen molar-refractivity contribution < 1.29 is 9.90 Å². The molecule has 4 heteroatoms. The molecule has 0 aliphatic heterocycles. The predicted molar refractivity (Wildman–Crippen MR) is 82.8 cm³/mol. The van der Waals surface area contributed by atoms with Crippen LogP contribution < -0.4 is 0 Å². The van der Waals surface area contributed by atoms with Gasteiger partial charge in [0.2, 0.25) is 0 Å². The van der Waals surface area contributed by atoms with E-state index < -0.39 is 5.97 Å². The zero-order valence-electron chi connectivity index (χ0n) is 10.2. The Morgan fingerprint density at radius 3 is 2.58 bits per heavy atom. The molecule has 98 valence electrons. The van der Waals surface area contributed by atoms with Crippen molar-refractivity contribution in [2.45, 2.75) is 12.8 Å². The number of thiol groups is 1. The van der Waals surface area contributed by atoms with Crippen LogP contribution in [0.1, 0.15) is 16.0 Å². The molecule has 1 N–H and O–H groups in total. The Balaban J connectivity index is 1.98. The molecule has 0 amide bonds. The van der Waals surface area contributed by atoms with E-state index >= 15 is 0 Å². The van der Waals surface area contributed by atoms with Crippen molar-refractivity contribution in [3.05, 3.63) is 62.7 Å². The highest BCUT2D eigenvalue weighted by Crippen LogP contribution is 2.20. The van der Waals surface area contributed by atoms with Crippen molar-refractivity contribution in [1.82, 2.24) is 0 Å². The molecule has 1 aromatic carbocycles. The van der Waals surface area contributed by atoms with E-state index in [4.69, 9.17) is 5.11 Å². The van der Waals surface area contributed by atoms with Gasteiger partial charge in [-0.2, -0.15) is 0 Å². The van der Waals surface area contributed by atoms with Gasteiger partial charge in [0.25, 0.3) is 0 Å². The average Bonchev–Trinajstić information content (AvgIpc) is 2.85. The minimum absolute atomic E-state index is 0.0662. The quantitative estimate of drug-likeness (QED) is 0.647. The maximum Gasteiger partial charge on any atom is 0.341 e. The highest BCUT2D eigenvalue weighted by atomic mass is 32.1. The third kappa shape index (κ3) is 4.26. The van der Waals surface area contributed by atoms with Crippen LogP contribution in [-0.2, 0) is 17.6 Å². The van der Waals surface area contributed by atoms with Gasteiger partial charge >= 0.3 is 5.97 Å². The molecule has 0 spiro atoms. The first-order valence-electron chi connectivity index (χ1n) is 5.90. The summed E-state index contributed by atoms with van der Waals surface area (Å²) in [4.78, 5) is 11.7. The molecule has 0 saturated heterocycles. The van der Waals surface area contributed by atoms with Gasteiger partial charge in [-0.25, -0.2) is 4.79 Å². The fourth-order valence-corrected chi connectivity index (χ4v) is 2.84. The molecule has 0 bridgehead atoms. The number of thiophene rings is 1. The molecule has 1 heterocycles. The number of rotatable bonds is 5. The first kappa shape index (κ1) is 13.9. The van der Waals surface area contributed by atoms with E-state index in [1.165, 1.54) is 11.1 Å². The lowest BCUT2D eigenvalue weighted by Crippen LogP contribution is -1.92. The van der Waals surface area contributed by atoms with Gasteiger partial charge in [0.1, 0.15) is 0 Å². The molecule has 0 fully saturated rings. The fourth-order valence-electron chi connectivity index (χ4n) is 1.73. The Bertz CT molecular complexity index is 585. The van der Waals surface area contributed by atoms with E-state index in [1.54, 1.807) is 17.4 Å². The van der Waals surface area contributed by atoms with E-state index in [0.717, 1.165) is 17.7 Å². The number of aliphatic carboxylic acids is 1. The summed E-state index contributed by atoms with van der Waals surface area (Å²) in [6, 6.07) is 12.3. The Hall–Kier alpha value is -1.52. The zero-order valence-corrected chi connectivity index (χ0v) is 12.0. The van der Waals surface area contributed by atoms with Gasteiger partial charge in [-0.15, -0.1) is 24.0 Å². The highest BCUT2D eigenvalue weighted by molar-refractivity contribution is 7.85. The number of carbonyl (C=O) groups is 1. The van der Waals surface area contributed by atoms with Crippen molar-refractivity contribution >= 4 is 36.0 Å². The maximum atomic E-state index is 10.7. The Morgan fingerprint density at radius 1 is 1.21 bits per heavy atom. The summed E-state index contributed by atoms with van der Waals surface area (Å²) < 4.78 is 0. The fraction of sp³-hybridized carbons (Fsp3) is 0.133. The number of hydrogen-bond donors (Lipinski definition) is 2. The van der Waals surface area contributed by atoms with Crippen LogP contribution in [0.2, 0.25) is 0 Å². The minimum Gasteiger partial charge on any atom is -0.477 e. The number of hydrogen-bond acceptors (Lipinski definition) is 3. The Morgan fingerprint density at radius 2 is 1.89 bits per heavy atom. The first-order valence-corrected chi connectivity index (χ1v) is 7.23. The lowest BCUT2D eigenvalue weighted by Gasteiger charge is -1.98. The molecule has 0 saturated carbocycles. The van der Waals surface area contributed by atoms with Crippen LogP contribution in [0.5, 0.6) is 0 Å². The number of carboxylic acid groups (broad SMARTS) is 1. The van der Waals surface area contributed by atoms with Crippen LogP contribution in [-0.4, -0.2) is 11.1 Å². The number of aryl methyl sites for hydroxylation is 2. The maximum absolute atomic E-state index is 10.7. The van der Waals surface area contributed by atoms with Crippen molar-refractivity contribution in [2.24, 2.45) is 0 Å². The van der Waals surface area contributed by atoms with Gasteiger partial charge in [0.05, 0.1) is 4.91 Å². The predicted octanol–water partition coefficient (Wildman–Crippen LogP) is 3.89. The monoisotopic (exact) mass is 290 g/mol. The summed E-state index contributed by atoms with van der Waals surface area (Å²) in [7, 11) is 0. The summed E-state index contributed by atoms with van der Waals surface area (Å²) in [5, 5.41) is 10.8. The second kappa shape index (κ2) is 6.59. The van der Waals surface area contributed by atoms with E-state index in [1.807, 2.05) is 24.3 Å². The molecule has 1 aromatic heterocycles. The third-order valence-corrected chi connectivity index (χ3v) is 3.97. The van der Waals surface area contributed by atoms with Crippen molar-refractivity contribution in [3.63, 3.8) is 0 Å². The van der Waals surface area contributed by atoms with E-state index in [2.05, 4.69) is 30.1 Å². The van der Waals surface area contributed by atoms with Gasteiger partial charge in [-0.3, -0.25) is 0 Å². The smallest absolute Gasteiger partial charge is 0.341 e. The summed E-state index contributed by atoms with van der Waals surface area (Å²) in [5.41, 5.74) is 2.54. The van der Waals surface area contributed by atoms with Crippen molar-refractivity contribution in [3.8, 4) is 0 Å². The molecule has 0 radical (unpaired) electrons. The second-order valence-corrected chi connectivity index (χ2v) is 5.60. The van der Waals surface area contributed by atoms with Crippen LogP contribution in [0, 0.1) is 0 Å². The van der Waals surface area contributed by atoms with Crippen LogP contribution in [0.4, 0.5) is 0 Å². The van der Waals surface area contributed by atoms with Gasteiger partial charge < -0.3 is 5.11 Å². The van der Waals surface area contributed by atoms with Crippen molar-refractivity contribution in [1.29, 1.82) is 0 Å². The van der Waals surface area contributed by atoms with E-state index in [0.29, 0.717) is 0 Å². The first-order chi connectivity index (χ1) is 9.15. The molecule has 2 aromatic rings. The second-order valence-electron chi connectivity index (χ2n) is 4.18. The number of benzene rings is 1. The molecule has 2 nitrogen and oxygen atoms in total. The van der Waals surface area contributed by atoms with Gasteiger partial charge in [-0.05, 0) is 41.5 Å². The average molecular weight is 290 g/mol. The molecule has 2 rings (SSSR count). The SMILES string of the molecule is O=C(O)/C(S)=C\c1cc(CCc2ccccc2)cs1. The topological polar surface area (TPSA) is 37.3 Å². The molecular weight excluding hydrogens is 276 g/mol. The van der Waals surface area contributed by atoms with E-state index in [9.17, 15) is 4.79 Å². The molecule has 19 heavy (non-hydrogen) atoms. The van der Waals surface area contributed by atoms with Crippen LogP contribution in [0.25, 0.3) is 6.08 Å². The van der Waals surface area contributed by atoms with Crippen LogP contribution in [0.15, 0.2) is 46.7 Å². The van der Waals surface area contributed by atoms with Crippen LogP contribution in [0.3, 0.4) is 0 Å². The molecular formula is C15H14O2S2. The lowest BCUT2D eigenvalue weighted by molar-refractivity contribution is -0.131. The standard InChI is InChI=1S/C15H14O2S2/c16-15(17)14(18)9-13-8-12(10-19-13)7-6-11-4-2-1-3-5-11/h1-5,8-10,18H,6-7H2,(H,16,17)/b14-9+. The lowest BCUT2D eigenvalue weighted by atomic mass is 10.1. The molecule has 0 aliphatic rings. The largest absolute Gasteiger partial charge is 0.477 e.